The van der Waals surface area contributed by atoms with E-state index >= 15 is 0 Å². The van der Waals surface area contributed by atoms with Gasteiger partial charge in [-0.2, -0.15) is 0 Å². The van der Waals surface area contributed by atoms with E-state index in [1.807, 2.05) is 6.92 Å². The van der Waals surface area contributed by atoms with E-state index in [1.54, 1.807) is 0 Å². The van der Waals surface area contributed by atoms with Crippen LogP contribution in [0, 0.1) is 5.41 Å². The summed E-state index contributed by atoms with van der Waals surface area (Å²) in [5.41, 5.74) is 0.0739. The molecule has 2 nitrogen and oxygen atoms in total. The van der Waals surface area contributed by atoms with Gasteiger partial charge in [0.15, 0.2) is 0 Å². The molecule has 1 heterocycles. The molecule has 0 saturated carbocycles. The van der Waals surface area contributed by atoms with E-state index < -0.39 is 0 Å². The fraction of sp³-hybridized carbons (Fsp3) is 0.778. The van der Waals surface area contributed by atoms with Crippen molar-refractivity contribution in [1.29, 1.82) is 0 Å². The van der Waals surface area contributed by atoms with Crippen molar-refractivity contribution in [3.8, 4) is 0 Å². The summed E-state index contributed by atoms with van der Waals surface area (Å²) in [4.78, 5) is 0. The summed E-state index contributed by atoms with van der Waals surface area (Å²) in [5.74, 6) is 1.92. The lowest BCUT2D eigenvalue weighted by molar-refractivity contribution is 0.0342. The zero-order chi connectivity index (χ0) is 8.48. The topological polar surface area (TPSA) is 18.5 Å². The SMILES string of the molecule is CC1=C(C(C)(C)C)OCCO1. The van der Waals surface area contributed by atoms with Crippen molar-refractivity contribution >= 4 is 0 Å². The molecule has 0 fully saturated rings. The lowest BCUT2D eigenvalue weighted by Gasteiger charge is -2.28. The Morgan fingerprint density at radius 3 is 2.00 bits per heavy atom. The third kappa shape index (κ3) is 1.88. The molecule has 64 valence electrons. The lowest BCUT2D eigenvalue weighted by Crippen LogP contribution is -2.21. The van der Waals surface area contributed by atoms with Crippen molar-refractivity contribution in [2.75, 3.05) is 13.2 Å². The maximum atomic E-state index is 5.51. The average Bonchev–Trinajstić information content (AvgIpc) is 1.86. The fourth-order valence-electron chi connectivity index (χ4n) is 1.25. The van der Waals surface area contributed by atoms with Gasteiger partial charge in [0.25, 0.3) is 0 Å². The van der Waals surface area contributed by atoms with E-state index in [0.29, 0.717) is 13.2 Å². The van der Waals surface area contributed by atoms with E-state index in [9.17, 15) is 0 Å². The lowest BCUT2D eigenvalue weighted by atomic mass is 9.93. The van der Waals surface area contributed by atoms with Crippen LogP contribution in [-0.4, -0.2) is 13.2 Å². The smallest absolute Gasteiger partial charge is 0.139 e. The van der Waals surface area contributed by atoms with Gasteiger partial charge in [0, 0.05) is 5.41 Å². The van der Waals surface area contributed by atoms with Gasteiger partial charge >= 0.3 is 0 Å². The highest BCUT2D eigenvalue weighted by atomic mass is 16.6. The monoisotopic (exact) mass is 156 g/mol. The molecule has 11 heavy (non-hydrogen) atoms. The van der Waals surface area contributed by atoms with Gasteiger partial charge in [0.1, 0.15) is 24.7 Å². The molecule has 1 aliphatic rings. The Kier molecular flexibility index (Phi) is 2.12. The van der Waals surface area contributed by atoms with Gasteiger partial charge in [0.2, 0.25) is 0 Å². The van der Waals surface area contributed by atoms with Crippen LogP contribution in [0.1, 0.15) is 27.7 Å². The molecule has 1 aliphatic heterocycles. The molecular formula is C9H16O2. The van der Waals surface area contributed by atoms with Crippen molar-refractivity contribution in [1.82, 2.24) is 0 Å². The molecule has 1 rings (SSSR count). The second-order valence-corrected chi connectivity index (χ2v) is 3.83. The molecule has 0 spiro atoms. The number of ether oxygens (including phenoxy) is 2. The van der Waals surface area contributed by atoms with Gasteiger partial charge in [-0.25, -0.2) is 0 Å². The Morgan fingerprint density at radius 2 is 1.64 bits per heavy atom. The minimum Gasteiger partial charge on any atom is -0.491 e. The van der Waals surface area contributed by atoms with Crippen LogP contribution in [0.15, 0.2) is 11.5 Å². The number of allylic oxidation sites excluding steroid dienone is 2. The van der Waals surface area contributed by atoms with Crippen LogP contribution in [-0.2, 0) is 9.47 Å². The second kappa shape index (κ2) is 2.76. The quantitative estimate of drug-likeness (QED) is 0.536. The molecule has 0 saturated heterocycles. The fourth-order valence-corrected chi connectivity index (χ4v) is 1.25. The van der Waals surface area contributed by atoms with Crippen LogP contribution in [0.3, 0.4) is 0 Å². The summed E-state index contributed by atoms with van der Waals surface area (Å²) in [5, 5.41) is 0. The molecule has 0 aromatic heterocycles. The largest absolute Gasteiger partial charge is 0.491 e. The summed E-state index contributed by atoms with van der Waals surface area (Å²) < 4.78 is 10.9. The summed E-state index contributed by atoms with van der Waals surface area (Å²) in [7, 11) is 0. The summed E-state index contributed by atoms with van der Waals surface area (Å²) in [6, 6.07) is 0. The predicted molar refractivity (Wildman–Crippen MR) is 44.1 cm³/mol. The van der Waals surface area contributed by atoms with Crippen LogP contribution < -0.4 is 0 Å². The predicted octanol–water partition coefficient (Wildman–Crippen LogP) is 2.31. The van der Waals surface area contributed by atoms with Gasteiger partial charge in [0.05, 0.1) is 0 Å². The standard InChI is InChI=1S/C9H16O2/c1-7-8(9(2,3)4)11-6-5-10-7/h5-6H2,1-4H3. The van der Waals surface area contributed by atoms with Crippen LogP contribution in [0.4, 0.5) is 0 Å². The Morgan fingerprint density at radius 1 is 1.09 bits per heavy atom. The maximum absolute atomic E-state index is 5.51. The highest BCUT2D eigenvalue weighted by Crippen LogP contribution is 2.30. The molecule has 0 N–H and O–H groups in total. The molecule has 0 aromatic rings. The molecular weight excluding hydrogens is 140 g/mol. The zero-order valence-corrected chi connectivity index (χ0v) is 7.73. The van der Waals surface area contributed by atoms with Crippen molar-refractivity contribution in [3.05, 3.63) is 11.5 Å². The maximum Gasteiger partial charge on any atom is 0.139 e. The van der Waals surface area contributed by atoms with Crippen LogP contribution >= 0.6 is 0 Å². The van der Waals surface area contributed by atoms with E-state index in [2.05, 4.69) is 20.8 Å². The van der Waals surface area contributed by atoms with E-state index in [0.717, 1.165) is 11.5 Å². The Hall–Kier alpha value is -0.660. The second-order valence-electron chi connectivity index (χ2n) is 3.83. The Labute approximate surface area is 68.2 Å². The Balaban J connectivity index is 2.83. The van der Waals surface area contributed by atoms with E-state index in [-0.39, 0.29) is 5.41 Å². The summed E-state index contributed by atoms with van der Waals surface area (Å²) in [6.45, 7) is 9.70. The summed E-state index contributed by atoms with van der Waals surface area (Å²) >= 11 is 0. The molecule has 0 unspecified atom stereocenters. The summed E-state index contributed by atoms with van der Waals surface area (Å²) in [6.07, 6.45) is 0. The molecule has 0 bridgehead atoms. The van der Waals surface area contributed by atoms with Gasteiger partial charge in [-0.3, -0.25) is 0 Å². The van der Waals surface area contributed by atoms with Crippen LogP contribution in [0.5, 0.6) is 0 Å². The van der Waals surface area contributed by atoms with Gasteiger partial charge in [-0.1, -0.05) is 20.8 Å². The van der Waals surface area contributed by atoms with Crippen molar-refractivity contribution in [2.24, 2.45) is 5.41 Å². The molecule has 0 aliphatic carbocycles. The molecule has 0 amide bonds. The number of rotatable bonds is 0. The Bertz CT molecular complexity index is 174. The highest BCUT2D eigenvalue weighted by molar-refractivity contribution is 5.08. The number of hydrogen-bond acceptors (Lipinski definition) is 2. The minimum atomic E-state index is 0.0739. The third-order valence-corrected chi connectivity index (χ3v) is 1.65. The van der Waals surface area contributed by atoms with E-state index in [4.69, 9.17) is 9.47 Å². The number of hydrogen-bond donors (Lipinski definition) is 0. The average molecular weight is 156 g/mol. The molecule has 0 radical (unpaired) electrons. The van der Waals surface area contributed by atoms with Crippen LogP contribution in [0.2, 0.25) is 0 Å². The zero-order valence-electron chi connectivity index (χ0n) is 7.73. The first-order valence-corrected chi connectivity index (χ1v) is 3.99. The normalized spacial score (nSPS) is 19.3. The third-order valence-electron chi connectivity index (χ3n) is 1.65. The highest BCUT2D eigenvalue weighted by Gasteiger charge is 2.24. The molecule has 0 aromatic carbocycles. The van der Waals surface area contributed by atoms with Crippen LogP contribution in [0.25, 0.3) is 0 Å². The minimum absolute atomic E-state index is 0.0739. The first-order chi connectivity index (χ1) is 5.02. The van der Waals surface area contributed by atoms with Gasteiger partial charge in [-0.05, 0) is 6.92 Å². The van der Waals surface area contributed by atoms with Gasteiger partial charge < -0.3 is 9.47 Å². The van der Waals surface area contributed by atoms with E-state index in [1.165, 1.54) is 0 Å². The first-order valence-electron chi connectivity index (χ1n) is 3.99. The van der Waals surface area contributed by atoms with Crippen molar-refractivity contribution in [3.63, 3.8) is 0 Å². The molecule has 0 atom stereocenters. The molecule has 2 heteroatoms. The van der Waals surface area contributed by atoms with Gasteiger partial charge in [-0.15, -0.1) is 0 Å². The van der Waals surface area contributed by atoms with Crippen molar-refractivity contribution < 1.29 is 9.47 Å². The van der Waals surface area contributed by atoms with Crippen molar-refractivity contribution in [2.45, 2.75) is 27.7 Å². The first kappa shape index (κ1) is 8.44.